The lowest BCUT2D eigenvalue weighted by Crippen LogP contribution is -2.10. The molecular weight excluding hydrogens is 251 g/mol. The zero-order chi connectivity index (χ0) is 13.9. The van der Waals surface area contributed by atoms with E-state index in [4.69, 9.17) is 10.5 Å². The Bertz CT molecular complexity index is 582. The van der Waals surface area contributed by atoms with Crippen molar-refractivity contribution in [1.82, 2.24) is 0 Å². The minimum absolute atomic E-state index is 0.216. The number of nitro groups is 1. The van der Waals surface area contributed by atoms with Gasteiger partial charge >= 0.3 is 6.18 Å². The van der Waals surface area contributed by atoms with Crippen LogP contribution in [-0.4, -0.2) is 4.92 Å². The van der Waals surface area contributed by atoms with Crippen molar-refractivity contribution in [2.24, 2.45) is 0 Å². The topological polar surface area (TPSA) is 90.7 Å². The number of nitro benzene ring substituents is 1. The first-order valence-electron chi connectivity index (χ1n) is 4.46. The summed E-state index contributed by atoms with van der Waals surface area (Å²) in [5, 5.41) is 27.7. The van der Waals surface area contributed by atoms with Crippen molar-refractivity contribution in [3.63, 3.8) is 0 Å². The molecule has 1 rings (SSSR count). The van der Waals surface area contributed by atoms with Gasteiger partial charge in [0.15, 0.2) is 0 Å². The number of rotatable bonds is 2. The van der Waals surface area contributed by atoms with Gasteiger partial charge in [-0.3, -0.25) is 10.1 Å². The molecule has 0 fully saturated rings. The highest BCUT2D eigenvalue weighted by Gasteiger charge is 2.36. The quantitative estimate of drug-likeness (QED) is 0.599. The van der Waals surface area contributed by atoms with Gasteiger partial charge in [0.1, 0.15) is 0 Å². The van der Waals surface area contributed by atoms with Crippen LogP contribution in [0.5, 0.6) is 0 Å². The van der Waals surface area contributed by atoms with Gasteiger partial charge in [-0.2, -0.15) is 23.7 Å². The van der Waals surface area contributed by atoms with Crippen LogP contribution in [-0.2, 0) is 12.6 Å². The summed E-state index contributed by atoms with van der Waals surface area (Å²) >= 11 is 0. The number of halogens is 3. The van der Waals surface area contributed by atoms with Gasteiger partial charge in [0.25, 0.3) is 5.69 Å². The summed E-state index contributed by atoms with van der Waals surface area (Å²) in [5.74, 6) is 0. The number of benzene rings is 1. The Balaban J connectivity index is 3.59. The van der Waals surface area contributed by atoms with E-state index in [2.05, 4.69) is 0 Å². The van der Waals surface area contributed by atoms with Crippen LogP contribution in [0, 0.1) is 32.8 Å². The summed E-state index contributed by atoms with van der Waals surface area (Å²) in [5.41, 5.74) is -3.15. The number of nitrogens with zero attached hydrogens (tertiary/aromatic N) is 3. The standard InChI is InChI=1S/C10H4F3N3O2/c11-10(12,13)8-4-9(16(17)18)6(1-2-14)3-7(8)5-15/h3-4H,1H2. The molecule has 0 aliphatic carbocycles. The lowest BCUT2D eigenvalue weighted by Gasteiger charge is -2.09. The summed E-state index contributed by atoms with van der Waals surface area (Å²) in [6.45, 7) is 0. The predicted octanol–water partition coefficient (Wildman–Crippen LogP) is 2.55. The van der Waals surface area contributed by atoms with E-state index in [0.29, 0.717) is 0 Å². The van der Waals surface area contributed by atoms with Gasteiger partial charge in [0.05, 0.1) is 34.6 Å². The molecule has 0 heterocycles. The third-order valence-electron chi connectivity index (χ3n) is 2.11. The molecule has 0 atom stereocenters. The Labute approximate surface area is 98.8 Å². The molecule has 1 aromatic carbocycles. The molecule has 0 amide bonds. The van der Waals surface area contributed by atoms with Crippen LogP contribution in [0.25, 0.3) is 0 Å². The molecule has 1 aromatic rings. The van der Waals surface area contributed by atoms with Crippen LogP contribution < -0.4 is 0 Å². The van der Waals surface area contributed by atoms with Gasteiger partial charge in [-0.1, -0.05) is 0 Å². The Kier molecular flexibility index (Phi) is 3.53. The third kappa shape index (κ3) is 2.55. The second kappa shape index (κ2) is 4.72. The molecule has 0 spiro atoms. The lowest BCUT2D eigenvalue weighted by molar-refractivity contribution is -0.385. The fourth-order valence-electron chi connectivity index (χ4n) is 1.36. The molecule has 0 N–H and O–H groups in total. The van der Waals surface area contributed by atoms with E-state index in [1.54, 1.807) is 6.07 Å². The first-order chi connectivity index (χ1) is 8.31. The molecule has 5 nitrogen and oxygen atoms in total. The Hall–Kier alpha value is -2.61. The van der Waals surface area contributed by atoms with Crippen LogP contribution in [0.15, 0.2) is 12.1 Å². The minimum atomic E-state index is -4.86. The van der Waals surface area contributed by atoms with E-state index < -0.39 is 34.3 Å². The Morgan fingerprint density at radius 2 is 1.94 bits per heavy atom. The van der Waals surface area contributed by atoms with Crippen LogP contribution in [0.4, 0.5) is 18.9 Å². The fourth-order valence-corrected chi connectivity index (χ4v) is 1.36. The molecule has 0 aliphatic heterocycles. The first-order valence-corrected chi connectivity index (χ1v) is 4.46. The van der Waals surface area contributed by atoms with Gasteiger partial charge in [-0.25, -0.2) is 0 Å². The second-order valence-corrected chi connectivity index (χ2v) is 3.23. The lowest BCUT2D eigenvalue weighted by atomic mass is 10.0. The zero-order valence-corrected chi connectivity index (χ0v) is 8.65. The van der Waals surface area contributed by atoms with Crippen molar-refractivity contribution in [1.29, 1.82) is 10.5 Å². The fraction of sp³-hybridized carbons (Fsp3) is 0.200. The van der Waals surface area contributed by atoms with E-state index in [1.165, 1.54) is 6.07 Å². The molecule has 0 aromatic heterocycles. The minimum Gasteiger partial charge on any atom is -0.258 e. The van der Waals surface area contributed by atoms with Crippen LogP contribution in [0.1, 0.15) is 16.7 Å². The van der Waals surface area contributed by atoms with E-state index >= 15 is 0 Å². The molecule has 0 aliphatic rings. The maximum Gasteiger partial charge on any atom is 0.417 e. The largest absolute Gasteiger partial charge is 0.417 e. The Morgan fingerprint density at radius 1 is 1.33 bits per heavy atom. The van der Waals surface area contributed by atoms with Gasteiger partial charge < -0.3 is 0 Å². The summed E-state index contributed by atoms with van der Waals surface area (Å²) in [6.07, 6.45) is -5.30. The van der Waals surface area contributed by atoms with E-state index in [1.807, 2.05) is 0 Å². The molecule has 0 saturated heterocycles. The molecule has 0 radical (unpaired) electrons. The van der Waals surface area contributed by atoms with Gasteiger partial charge in [0, 0.05) is 11.6 Å². The molecule has 8 heteroatoms. The highest BCUT2D eigenvalue weighted by Crippen LogP contribution is 2.35. The Morgan fingerprint density at radius 3 is 2.33 bits per heavy atom. The average molecular weight is 255 g/mol. The number of hydrogen-bond acceptors (Lipinski definition) is 4. The average Bonchev–Trinajstić information content (AvgIpc) is 2.27. The normalized spacial score (nSPS) is 10.5. The molecule has 0 unspecified atom stereocenters. The van der Waals surface area contributed by atoms with Gasteiger partial charge in [0.2, 0.25) is 0 Å². The van der Waals surface area contributed by atoms with Crippen LogP contribution in [0.3, 0.4) is 0 Å². The number of alkyl halides is 3. The first kappa shape index (κ1) is 13.5. The maximum atomic E-state index is 12.6. The van der Waals surface area contributed by atoms with Crippen LogP contribution in [0.2, 0.25) is 0 Å². The highest BCUT2D eigenvalue weighted by molar-refractivity contribution is 5.53. The number of nitriles is 2. The second-order valence-electron chi connectivity index (χ2n) is 3.23. The summed E-state index contributed by atoms with van der Waals surface area (Å²) in [6, 6.07) is 3.92. The van der Waals surface area contributed by atoms with Gasteiger partial charge in [-0.15, -0.1) is 0 Å². The van der Waals surface area contributed by atoms with E-state index in [0.717, 1.165) is 6.07 Å². The smallest absolute Gasteiger partial charge is 0.258 e. The molecule has 92 valence electrons. The van der Waals surface area contributed by atoms with E-state index in [9.17, 15) is 23.3 Å². The van der Waals surface area contributed by atoms with E-state index in [-0.39, 0.29) is 11.6 Å². The summed E-state index contributed by atoms with van der Waals surface area (Å²) in [4.78, 5) is 9.61. The third-order valence-corrected chi connectivity index (χ3v) is 2.11. The summed E-state index contributed by atoms with van der Waals surface area (Å²) in [7, 11) is 0. The van der Waals surface area contributed by atoms with Crippen molar-refractivity contribution < 1.29 is 18.1 Å². The van der Waals surface area contributed by atoms with Crippen molar-refractivity contribution in [2.45, 2.75) is 12.6 Å². The summed E-state index contributed by atoms with van der Waals surface area (Å²) < 4.78 is 37.7. The SMILES string of the molecule is N#CCc1cc(C#N)c(C(F)(F)F)cc1[N+](=O)[O-]. The highest BCUT2D eigenvalue weighted by atomic mass is 19.4. The zero-order valence-electron chi connectivity index (χ0n) is 8.65. The van der Waals surface area contributed by atoms with Crippen molar-refractivity contribution in [2.75, 3.05) is 0 Å². The molecular formula is C10H4F3N3O2. The van der Waals surface area contributed by atoms with Crippen molar-refractivity contribution in [3.8, 4) is 12.1 Å². The van der Waals surface area contributed by atoms with Crippen molar-refractivity contribution in [3.05, 3.63) is 38.9 Å². The molecule has 18 heavy (non-hydrogen) atoms. The molecule has 0 bridgehead atoms. The van der Waals surface area contributed by atoms with Crippen molar-refractivity contribution >= 4 is 5.69 Å². The predicted molar refractivity (Wildman–Crippen MR) is 52.1 cm³/mol. The maximum absolute atomic E-state index is 12.6. The number of hydrogen-bond donors (Lipinski definition) is 0. The molecule has 0 saturated carbocycles. The van der Waals surface area contributed by atoms with Gasteiger partial charge in [-0.05, 0) is 6.07 Å². The van der Waals surface area contributed by atoms with Crippen LogP contribution >= 0.6 is 0 Å². The monoisotopic (exact) mass is 255 g/mol.